The second-order valence-electron chi connectivity index (χ2n) is 6.56. The third-order valence-electron chi connectivity index (χ3n) is 4.76. The molecule has 1 N–H and O–H groups in total. The molecule has 29 heavy (non-hydrogen) atoms. The van der Waals surface area contributed by atoms with Crippen molar-refractivity contribution in [3.05, 3.63) is 66.7 Å². The van der Waals surface area contributed by atoms with Crippen LogP contribution in [0, 0.1) is 0 Å². The van der Waals surface area contributed by atoms with Crippen molar-refractivity contribution in [2.45, 2.75) is 16.2 Å². The van der Waals surface area contributed by atoms with E-state index >= 15 is 0 Å². The SMILES string of the molecule is COc1ccc(NC(=O)CCN2c3ccccc3Sc3ccccc32)cc1OC. The molecule has 0 saturated heterocycles. The molecule has 0 radical (unpaired) electrons. The highest BCUT2D eigenvalue weighted by Gasteiger charge is 2.23. The Labute approximate surface area is 174 Å². The summed E-state index contributed by atoms with van der Waals surface area (Å²) in [4.78, 5) is 17.2. The molecule has 148 valence electrons. The van der Waals surface area contributed by atoms with Crippen LogP contribution in [0.4, 0.5) is 17.1 Å². The maximum absolute atomic E-state index is 12.6. The largest absolute Gasteiger partial charge is 0.493 e. The number of carbonyl (C=O) groups excluding carboxylic acids is 1. The number of amides is 1. The van der Waals surface area contributed by atoms with Crippen molar-refractivity contribution in [2.75, 3.05) is 31.0 Å². The lowest BCUT2D eigenvalue weighted by molar-refractivity contribution is -0.116. The predicted octanol–water partition coefficient (Wildman–Crippen LogP) is 5.34. The summed E-state index contributed by atoms with van der Waals surface area (Å²) in [6.45, 7) is 0.591. The highest BCUT2D eigenvalue weighted by Crippen LogP contribution is 2.47. The van der Waals surface area contributed by atoms with Crippen LogP contribution in [0.1, 0.15) is 6.42 Å². The first-order valence-corrected chi connectivity index (χ1v) is 10.2. The summed E-state index contributed by atoms with van der Waals surface area (Å²) in [7, 11) is 3.16. The molecule has 0 aromatic heterocycles. The number of ether oxygens (including phenoxy) is 2. The van der Waals surface area contributed by atoms with E-state index in [1.54, 1.807) is 44.2 Å². The van der Waals surface area contributed by atoms with Gasteiger partial charge in [0, 0.05) is 34.5 Å². The summed E-state index contributed by atoms with van der Waals surface area (Å²) in [5, 5.41) is 2.95. The van der Waals surface area contributed by atoms with Gasteiger partial charge in [0.25, 0.3) is 0 Å². The van der Waals surface area contributed by atoms with E-state index in [0.29, 0.717) is 30.2 Å². The Hall–Kier alpha value is -3.12. The molecule has 0 bridgehead atoms. The molecule has 6 heteroatoms. The van der Waals surface area contributed by atoms with Crippen LogP contribution in [0.2, 0.25) is 0 Å². The van der Waals surface area contributed by atoms with Gasteiger partial charge in [-0.15, -0.1) is 0 Å². The fraction of sp³-hybridized carbons (Fsp3) is 0.174. The van der Waals surface area contributed by atoms with Gasteiger partial charge in [-0.25, -0.2) is 0 Å². The Bertz CT molecular complexity index is 993. The van der Waals surface area contributed by atoms with Gasteiger partial charge in [0.1, 0.15) is 0 Å². The first-order chi connectivity index (χ1) is 14.2. The second kappa shape index (κ2) is 8.49. The molecule has 0 aliphatic carbocycles. The van der Waals surface area contributed by atoms with Crippen molar-refractivity contribution in [2.24, 2.45) is 0 Å². The van der Waals surface area contributed by atoms with E-state index in [9.17, 15) is 4.79 Å². The molecular weight excluding hydrogens is 384 g/mol. The normalized spacial score (nSPS) is 12.0. The molecular formula is C23H22N2O3S. The van der Waals surface area contributed by atoms with Crippen LogP contribution in [-0.4, -0.2) is 26.7 Å². The fourth-order valence-electron chi connectivity index (χ4n) is 3.37. The van der Waals surface area contributed by atoms with Crippen LogP contribution in [0.25, 0.3) is 0 Å². The molecule has 1 aliphatic heterocycles. The van der Waals surface area contributed by atoms with E-state index in [4.69, 9.17) is 9.47 Å². The Kier molecular flexibility index (Phi) is 5.62. The zero-order chi connectivity index (χ0) is 20.2. The van der Waals surface area contributed by atoms with Gasteiger partial charge in [-0.2, -0.15) is 0 Å². The fourth-order valence-corrected chi connectivity index (χ4v) is 4.47. The summed E-state index contributed by atoms with van der Waals surface area (Å²) in [5.74, 6) is 1.16. The smallest absolute Gasteiger partial charge is 0.226 e. The number of methoxy groups -OCH3 is 2. The molecule has 0 fully saturated rings. The van der Waals surface area contributed by atoms with Crippen molar-refractivity contribution in [3.63, 3.8) is 0 Å². The van der Waals surface area contributed by atoms with Gasteiger partial charge in [0.2, 0.25) is 5.91 Å². The Morgan fingerprint density at radius 2 is 1.52 bits per heavy atom. The highest BCUT2D eigenvalue weighted by atomic mass is 32.2. The number of rotatable bonds is 6. The van der Waals surface area contributed by atoms with Gasteiger partial charge in [-0.05, 0) is 36.4 Å². The summed E-state index contributed by atoms with van der Waals surface area (Å²) in [6, 6.07) is 21.9. The molecule has 1 aliphatic rings. The number of hydrogen-bond acceptors (Lipinski definition) is 5. The van der Waals surface area contributed by atoms with Gasteiger partial charge < -0.3 is 19.7 Å². The molecule has 0 unspecified atom stereocenters. The van der Waals surface area contributed by atoms with E-state index in [-0.39, 0.29) is 5.91 Å². The van der Waals surface area contributed by atoms with E-state index in [1.165, 1.54) is 9.79 Å². The van der Waals surface area contributed by atoms with Gasteiger partial charge in [0.05, 0.1) is 25.6 Å². The van der Waals surface area contributed by atoms with E-state index < -0.39 is 0 Å². The molecule has 4 rings (SSSR count). The van der Waals surface area contributed by atoms with Crippen molar-refractivity contribution < 1.29 is 14.3 Å². The number of fused-ring (bicyclic) bond motifs is 2. The van der Waals surface area contributed by atoms with E-state index in [2.05, 4.69) is 34.5 Å². The molecule has 1 amide bonds. The van der Waals surface area contributed by atoms with Crippen molar-refractivity contribution in [3.8, 4) is 11.5 Å². The molecule has 0 spiro atoms. The molecule has 0 saturated carbocycles. The van der Waals surface area contributed by atoms with Crippen LogP contribution in [0.3, 0.4) is 0 Å². The number of hydrogen-bond donors (Lipinski definition) is 1. The van der Waals surface area contributed by atoms with Crippen LogP contribution in [0.5, 0.6) is 11.5 Å². The summed E-state index contributed by atoms with van der Waals surface area (Å²) >= 11 is 1.76. The molecule has 1 heterocycles. The molecule has 3 aromatic rings. The van der Waals surface area contributed by atoms with Crippen molar-refractivity contribution in [1.29, 1.82) is 0 Å². The minimum absolute atomic E-state index is 0.0505. The second-order valence-corrected chi connectivity index (χ2v) is 7.64. The summed E-state index contributed by atoms with van der Waals surface area (Å²) < 4.78 is 10.5. The van der Waals surface area contributed by atoms with E-state index in [1.807, 2.05) is 24.3 Å². The number of nitrogens with one attached hydrogen (secondary N) is 1. The van der Waals surface area contributed by atoms with Crippen LogP contribution < -0.4 is 19.7 Å². The van der Waals surface area contributed by atoms with Gasteiger partial charge >= 0.3 is 0 Å². The van der Waals surface area contributed by atoms with Crippen molar-refractivity contribution in [1.82, 2.24) is 0 Å². The maximum Gasteiger partial charge on any atom is 0.226 e. The number of benzene rings is 3. The number of carbonyl (C=O) groups is 1. The third-order valence-corrected chi connectivity index (χ3v) is 5.89. The number of nitrogens with zero attached hydrogens (tertiary/aromatic N) is 1. The zero-order valence-corrected chi connectivity index (χ0v) is 17.2. The zero-order valence-electron chi connectivity index (χ0n) is 16.3. The first kappa shape index (κ1) is 19.2. The number of anilines is 3. The van der Waals surface area contributed by atoms with Crippen molar-refractivity contribution >= 4 is 34.7 Å². The average Bonchev–Trinajstić information content (AvgIpc) is 2.76. The lowest BCUT2D eigenvalue weighted by atomic mass is 10.2. The van der Waals surface area contributed by atoms with Crippen LogP contribution in [-0.2, 0) is 4.79 Å². The third kappa shape index (κ3) is 4.03. The number of para-hydroxylation sites is 2. The minimum Gasteiger partial charge on any atom is -0.493 e. The van der Waals surface area contributed by atoms with Gasteiger partial charge in [-0.1, -0.05) is 36.0 Å². The lowest BCUT2D eigenvalue weighted by Crippen LogP contribution is -2.25. The average molecular weight is 407 g/mol. The monoisotopic (exact) mass is 406 g/mol. The Balaban J connectivity index is 1.49. The highest BCUT2D eigenvalue weighted by molar-refractivity contribution is 7.99. The standard InChI is InChI=1S/C23H22N2O3S/c1-27-19-12-11-16(15-20(19)28-2)24-23(26)13-14-25-17-7-3-5-9-21(17)29-22-10-6-4-8-18(22)25/h3-12,15H,13-14H2,1-2H3,(H,24,26). The minimum atomic E-state index is -0.0505. The van der Waals surface area contributed by atoms with Crippen LogP contribution >= 0.6 is 11.8 Å². The van der Waals surface area contributed by atoms with Crippen LogP contribution in [0.15, 0.2) is 76.5 Å². The Morgan fingerprint density at radius 3 is 2.14 bits per heavy atom. The topological polar surface area (TPSA) is 50.8 Å². The first-order valence-electron chi connectivity index (χ1n) is 9.35. The maximum atomic E-state index is 12.6. The van der Waals surface area contributed by atoms with Gasteiger partial charge in [-0.3, -0.25) is 4.79 Å². The van der Waals surface area contributed by atoms with Gasteiger partial charge in [0.15, 0.2) is 11.5 Å². The molecule has 5 nitrogen and oxygen atoms in total. The summed E-state index contributed by atoms with van der Waals surface area (Å²) in [6.07, 6.45) is 0.363. The predicted molar refractivity (Wildman–Crippen MR) is 117 cm³/mol. The Morgan fingerprint density at radius 1 is 0.897 bits per heavy atom. The molecule has 3 aromatic carbocycles. The quantitative estimate of drug-likeness (QED) is 0.599. The molecule has 0 atom stereocenters. The summed E-state index contributed by atoms with van der Waals surface area (Å²) in [5.41, 5.74) is 2.95. The van der Waals surface area contributed by atoms with E-state index in [0.717, 1.165) is 11.4 Å². The lowest BCUT2D eigenvalue weighted by Gasteiger charge is -2.32.